The van der Waals surface area contributed by atoms with Gasteiger partial charge in [0, 0.05) is 6.07 Å². The van der Waals surface area contributed by atoms with Crippen molar-refractivity contribution in [3.8, 4) is 11.5 Å². The van der Waals surface area contributed by atoms with Crippen molar-refractivity contribution in [1.29, 1.82) is 0 Å². The Bertz CT molecular complexity index is 373. The van der Waals surface area contributed by atoms with Gasteiger partial charge in [0.05, 0.1) is 7.11 Å². The second-order valence-corrected chi connectivity index (χ2v) is 4.10. The number of hydrogen-bond donors (Lipinski definition) is 0. The number of carbonyl (C=O) groups excluding carboxylic acids is 1. The van der Waals surface area contributed by atoms with Crippen molar-refractivity contribution in [2.45, 2.75) is 26.9 Å². The Hall–Kier alpha value is -1.71. The molecule has 1 unspecified atom stereocenters. The molecule has 17 heavy (non-hydrogen) atoms. The monoisotopic (exact) mass is 238 g/mol. The van der Waals surface area contributed by atoms with Crippen LogP contribution in [0.15, 0.2) is 24.3 Å². The van der Waals surface area contributed by atoms with Crippen molar-refractivity contribution < 1.29 is 19.0 Å². The van der Waals surface area contributed by atoms with Crippen LogP contribution in [0.25, 0.3) is 0 Å². The highest BCUT2D eigenvalue weighted by molar-refractivity contribution is 5.64. The Labute approximate surface area is 101 Å². The first-order valence-corrected chi connectivity index (χ1v) is 5.55. The van der Waals surface area contributed by atoms with Crippen LogP contribution in [-0.4, -0.2) is 19.4 Å². The molecule has 1 aromatic carbocycles. The molecule has 0 fully saturated rings. The van der Waals surface area contributed by atoms with Crippen LogP contribution in [0.3, 0.4) is 0 Å². The predicted molar refractivity (Wildman–Crippen MR) is 64.4 cm³/mol. The Balaban J connectivity index is 2.55. The minimum atomic E-state index is -0.695. The van der Waals surface area contributed by atoms with Crippen molar-refractivity contribution in [1.82, 2.24) is 0 Å². The fourth-order valence-corrected chi connectivity index (χ4v) is 1.07. The average Bonchev–Trinajstić information content (AvgIpc) is 2.28. The second-order valence-electron chi connectivity index (χ2n) is 4.10. The molecule has 94 valence electrons. The topological polar surface area (TPSA) is 44.8 Å². The molecular weight excluding hydrogens is 220 g/mol. The van der Waals surface area contributed by atoms with Crippen LogP contribution in [0.5, 0.6) is 11.5 Å². The zero-order valence-electron chi connectivity index (χ0n) is 10.6. The molecule has 0 aliphatic rings. The van der Waals surface area contributed by atoms with Crippen LogP contribution in [0.1, 0.15) is 20.8 Å². The summed E-state index contributed by atoms with van der Waals surface area (Å²) in [7, 11) is 1.55. The van der Waals surface area contributed by atoms with Gasteiger partial charge in [-0.05, 0) is 25.0 Å². The minimum absolute atomic E-state index is 0.173. The van der Waals surface area contributed by atoms with Crippen molar-refractivity contribution in [3.63, 3.8) is 0 Å². The molecule has 0 aliphatic heterocycles. The summed E-state index contributed by atoms with van der Waals surface area (Å²) in [6.07, 6.45) is -0.868. The SMILES string of the molecule is COc1cccc(OC(=O)OC(C)C(C)C)c1. The van der Waals surface area contributed by atoms with E-state index in [0.717, 1.165) is 0 Å². The molecule has 0 N–H and O–H groups in total. The van der Waals surface area contributed by atoms with E-state index in [2.05, 4.69) is 0 Å². The zero-order valence-corrected chi connectivity index (χ0v) is 10.6. The summed E-state index contributed by atoms with van der Waals surface area (Å²) in [5.41, 5.74) is 0. The lowest BCUT2D eigenvalue weighted by Gasteiger charge is -2.16. The molecule has 1 atom stereocenters. The van der Waals surface area contributed by atoms with E-state index in [4.69, 9.17) is 14.2 Å². The molecule has 1 rings (SSSR count). The van der Waals surface area contributed by atoms with Crippen LogP contribution in [0.2, 0.25) is 0 Å². The number of ether oxygens (including phenoxy) is 3. The second kappa shape index (κ2) is 6.13. The van der Waals surface area contributed by atoms with Crippen LogP contribution in [-0.2, 0) is 4.74 Å². The van der Waals surface area contributed by atoms with Gasteiger partial charge in [0.25, 0.3) is 0 Å². The fraction of sp³-hybridized carbons (Fsp3) is 0.462. The van der Waals surface area contributed by atoms with Crippen molar-refractivity contribution in [2.24, 2.45) is 5.92 Å². The third-order valence-electron chi connectivity index (χ3n) is 2.46. The first kappa shape index (κ1) is 13.4. The van der Waals surface area contributed by atoms with Gasteiger partial charge in [-0.2, -0.15) is 0 Å². The predicted octanol–water partition coefficient (Wildman–Crippen LogP) is 3.26. The van der Waals surface area contributed by atoms with Gasteiger partial charge in [0.1, 0.15) is 17.6 Å². The smallest absolute Gasteiger partial charge is 0.497 e. The molecule has 4 nitrogen and oxygen atoms in total. The number of methoxy groups -OCH3 is 1. The van der Waals surface area contributed by atoms with E-state index in [-0.39, 0.29) is 12.0 Å². The number of carbonyl (C=O) groups is 1. The summed E-state index contributed by atoms with van der Waals surface area (Å²) < 4.78 is 15.1. The zero-order chi connectivity index (χ0) is 12.8. The fourth-order valence-electron chi connectivity index (χ4n) is 1.07. The third-order valence-corrected chi connectivity index (χ3v) is 2.46. The Kier molecular flexibility index (Phi) is 4.82. The molecule has 0 aromatic heterocycles. The summed E-state index contributed by atoms with van der Waals surface area (Å²) in [5.74, 6) is 1.30. The number of benzene rings is 1. The van der Waals surface area contributed by atoms with E-state index < -0.39 is 6.16 Å². The summed E-state index contributed by atoms with van der Waals surface area (Å²) in [6.45, 7) is 5.78. The van der Waals surface area contributed by atoms with E-state index in [1.54, 1.807) is 31.4 Å². The molecule has 0 saturated heterocycles. The molecule has 0 spiro atoms. The third kappa shape index (κ3) is 4.34. The van der Waals surface area contributed by atoms with Gasteiger partial charge in [-0.3, -0.25) is 0 Å². The molecule has 4 heteroatoms. The minimum Gasteiger partial charge on any atom is -0.497 e. The van der Waals surface area contributed by atoms with Gasteiger partial charge in [0.2, 0.25) is 0 Å². The highest BCUT2D eigenvalue weighted by Crippen LogP contribution is 2.19. The maximum atomic E-state index is 11.4. The lowest BCUT2D eigenvalue weighted by atomic mass is 10.1. The van der Waals surface area contributed by atoms with Crippen molar-refractivity contribution in [3.05, 3.63) is 24.3 Å². The number of rotatable bonds is 4. The quantitative estimate of drug-likeness (QED) is 0.596. The Morgan fingerprint density at radius 2 is 1.82 bits per heavy atom. The van der Waals surface area contributed by atoms with Gasteiger partial charge in [-0.1, -0.05) is 19.9 Å². The average molecular weight is 238 g/mol. The largest absolute Gasteiger partial charge is 0.514 e. The summed E-state index contributed by atoms with van der Waals surface area (Å²) in [4.78, 5) is 11.4. The molecule has 0 saturated carbocycles. The maximum absolute atomic E-state index is 11.4. The lowest BCUT2D eigenvalue weighted by Crippen LogP contribution is -2.22. The molecular formula is C13H18O4. The molecule has 0 aliphatic carbocycles. The van der Waals surface area contributed by atoms with E-state index in [1.165, 1.54) is 0 Å². The van der Waals surface area contributed by atoms with E-state index in [0.29, 0.717) is 11.5 Å². The van der Waals surface area contributed by atoms with Crippen LogP contribution in [0, 0.1) is 5.92 Å². The van der Waals surface area contributed by atoms with E-state index >= 15 is 0 Å². The standard InChI is InChI=1S/C13H18O4/c1-9(2)10(3)16-13(14)17-12-7-5-6-11(8-12)15-4/h5-10H,1-4H3. The maximum Gasteiger partial charge on any atom is 0.514 e. The van der Waals surface area contributed by atoms with Gasteiger partial charge < -0.3 is 14.2 Å². The van der Waals surface area contributed by atoms with Gasteiger partial charge in [0.15, 0.2) is 0 Å². The van der Waals surface area contributed by atoms with Gasteiger partial charge in [-0.15, -0.1) is 0 Å². The lowest BCUT2D eigenvalue weighted by molar-refractivity contribution is 0.0466. The summed E-state index contributed by atoms with van der Waals surface area (Å²) >= 11 is 0. The van der Waals surface area contributed by atoms with Crippen molar-refractivity contribution >= 4 is 6.16 Å². The molecule has 0 bridgehead atoms. The first-order chi connectivity index (χ1) is 8.02. The summed E-state index contributed by atoms with van der Waals surface area (Å²) in [6, 6.07) is 6.81. The van der Waals surface area contributed by atoms with Crippen LogP contribution < -0.4 is 9.47 Å². The molecule has 1 aromatic rings. The summed E-state index contributed by atoms with van der Waals surface area (Å²) in [5, 5.41) is 0. The highest BCUT2D eigenvalue weighted by Gasteiger charge is 2.14. The van der Waals surface area contributed by atoms with Crippen LogP contribution >= 0.6 is 0 Å². The first-order valence-electron chi connectivity index (χ1n) is 5.55. The molecule has 0 heterocycles. The van der Waals surface area contributed by atoms with E-state index in [1.807, 2.05) is 20.8 Å². The molecule has 0 radical (unpaired) electrons. The van der Waals surface area contributed by atoms with E-state index in [9.17, 15) is 4.79 Å². The molecule has 0 amide bonds. The van der Waals surface area contributed by atoms with Crippen LogP contribution in [0.4, 0.5) is 4.79 Å². The van der Waals surface area contributed by atoms with Gasteiger partial charge >= 0.3 is 6.16 Å². The highest BCUT2D eigenvalue weighted by atomic mass is 16.7. The Morgan fingerprint density at radius 1 is 1.18 bits per heavy atom. The number of hydrogen-bond acceptors (Lipinski definition) is 4. The Morgan fingerprint density at radius 3 is 2.41 bits per heavy atom. The van der Waals surface area contributed by atoms with Gasteiger partial charge in [-0.25, -0.2) is 4.79 Å². The van der Waals surface area contributed by atoms with Crippen molar-refractivity contribution in [2.75, 3.05) is 7.11 Å². The normalized spacial score (nSPS) is 12.1.